The molecule has 0 aromatic carbocycles. The summed E-state index contributed by atoms with van der Waals surface area (Å²) in [6, 6.07) is 0. The fourth-order valence-electron chi connectivity index (χ4n) is 1.20. The van der Waals surface area contributed by atoms with Crippen molar-refractivity contribution in [2.24, 2.45) is 5.92 Å². The summed E-state index contributed by atoms with van der Waals surface area (Å²) < 4.78 is 9.50. The van der Waals surface area contributed by atoms with E-state index in [1.54, 1.807) is 19.9 Å². The molecule has 1 unspecified atom stereocenters. The van der Waals surface area contributed by atoms with Crippen LogP contribution in [0.25, 0.3) is 0 Å². The van der Waals surface area contributed by atoms with Gasteiger partial charge >= 0.3 is 11.9 Å². The number of hydrogen-bond acceptors (Lipinski definition) is 5. The third kappa shape index (κ3) is 6.83. The zero-order valence-corrected chi connectivity index (χ0v) is 10.9. The normalized spacial score (nSPS) is 11.4. The van der Waals surface area contributed by atoms with E-state index in [1.807, 2.05) is 0 Å². The van der Waals surface area contributed by atoms with Crippen molar-refractivity contribution in [3.8, 4) is 0 Å². The van der Waals surface area contributed by atoms with Crippen LogP contribution >= 0.6 is 0 Å². The third-order valence-electron chi connectivity index (χ3n) is 2.19. The highest BCUT2D eigenvalue weighted by Gasteiger charge is 2.23. The van der Waals surface area contributed by atoms with Crippen LogP contribution in [0.4, 0.5) is 0 Å². The second kappa shape index (κ2) is 9.39. The minimum Gasteiger partial charge on any atom is -0.465 e. The Labute approximate surface area is 107 Å². The largest absolute Gasteiger partial charge is 0.465 e. The minimum absolute atomic E-state index is 0.144. The average molecular weight is 256 g/mol. The number of hydrogen-bond donors (Lipinski definition) is 0. The maximum atomic E-state index is 11.5. The molecule has 0 radical (unpaired) electrons. The van der Waals surface area contributed by atoms with Crippen LogP contribution < -0.4 is 0 Å². The van der Waals surface area contributed by atoms with Gasteiger partial charge in [-0.2, -0.15) is 0 Å². The van der Waals surface area contributed by atoms with Crippen LogP contribution in [-0.4, -0.2) is 30.9 Å². The maximum Gasteiger partial charge on any atom is 0.374 e. The monoisotopic (exact) mass is 256 g/mol. The first-order chi connectivity index (χ1) is 8.52. The lowest BCUT2D eigenvalue weighted by Gasteiger charge is -2.10. The third-order valence-corrected chi connectivity index (χ3v) is 2.19. The first-order valence-electron chi connectivity index (χ1n) is 6.00. The average Bonchev–Trinajstić information content (AvgIpc) is 2.34. The van der Waals surface area contributed by atoms with E-state index >= 15 is 0 Å². The van der Waals surface area contributed by atoms with Crippen LogP contribution in [0.1, 0.15) is 33.1 Å². The lowest BCUT2D eigenvalue weighted by Crippen LogP contribution is -2.24. The summed E-state index contributed by atoms with van der Waals surface area (Å²) in [5, 5.41) is 0. The summed E-state index contributed by atoms with van der Waals surface area (Å²) in [5.74, 6) is -2.71. The van der Waals surface area contributed by atoms with Crippen molar-refractivity contribution in [3.63, 3.8) is 0 Å². The van der Waals surface area contributed by atoms with Gasteiger partial charge in [0.2, 0.25) is 5.78 Å². The molecular weight excluding hydrogens is 236 g/mol. The van der Waals surface area contributed by atoms with Crippen molar-refractivity contribution < 1.29 is 23.9 Å². The van der Waals surface area contributed by atoms with Gasteiger partial charge in [-0.15, -0.1) is 6.58 Å². The SMILES string of the molecule is C=CCCCOC(=O)C(C)CC(=O)C(=O)OCC. The highest BCUT2D eigenvalue weighted by molar-refractivity contribution is 6.33. The Kier molecular flexibility index (Phi) is 8.53. The Hall–Kier alpha value is -1.65. The molecule has 0 aliphatic heterocycles. The van der Waals surface area contributed by atoms with Gasteiger partial charge in [0.05, 0.1) is 19.1 Å². The molecule has 0 fully saturated rings. The molecule has 1 atom stereocenters. The summed E-state index contributed by atoms with van der Waals surface area (Å²) >= 11 is 0. The van der Waals surface area contributed by atoms with Crippen LogP contribution in [-0.2, 0) is 23.9 Å². The van der Waals surface area contributed by atoms with Gasteiger partial charge in [-0.25, -0.2) is 4.79 Å². The smallest absolute Gasteiger partial charge is 0.374 e. The van der Waals surface area contributed by atoms with Crippen LogP contribution in [0.3, 0.4) is 0 Å². The topological polar surface area (TPSA) is 69.7 Å². The molecule has 0 aromatic rings. The van der Waals surface area contributed by atoms with E-state index < -0.39 is 23.6 Å². The molecule has 0 aromatic heterocycles. The number of esters is 2. The standard InChI is InChI=1S/C13H20O5/c1-4-6-7-8-18-12(15)10(3)9-11(14)13(16)17-5-2/h4,10H,1,5-9H2,2-3H3. The van der Waals surface area contributed by atoms with E-state index in [0.29, 0.717) is 13.0 Å². The van der Waals surface area contributed by atoms with Crippen molar-refractivity contribution in [3.05, 3.63) is 12.7 Å². The molecule has 0 N–H and O–H groups in total. The fourth-order valence-corrected chi connectivity index (χ4v) is 1.20. The molecule has 0 aliphatic rings. The number of carbonyl (C=O) groups is 3. The molecule has 0 saturated carbocycles. The van der Waals surface area contributed by atoms with Crippen LogP contribution in [0.2, 0.25) is 0 Å². The van der Waals surface area contributed by atoms with Crippen molar-refractivity contribution >= 4 is 17.7 Å². The van der Waals surface area contributed by atoms with E-state index in [1.165, 1.54) is 0 Å². The van der Waals surface area contributed by atoms with Gasteiger partial charge in [0, 0.05) is 6.42 Å². The number of ether oxygens (including phenoxy) is 2. The molecule has 0 saturated heterocycles. The first-order valence-corrected chi connectivity index (χ1v) is 6.00. The van der Waals surface area contributed by atoms with E-state index in [-0.39, 0.29) is 13.0 Å². The molecule has 5 heteroatoms. The van der Waals surface area contributed by atoms with Crippen LogP contribution in [0.15, 0.2) is 12.7 Å². The minimum atomic E-state index is -0.899. The van der Waals surface area contributed by atoms with E-state index in [0.717, 1.165) is 6.42 Å². The van der Waals surface area contributed by atoms with Gasteiger partial charge in [0.15, 0.2) is 0 Å². The van der Waals surface area contributed by atoms with Crippen LogP contribution in [0, 0.1) is 5.92 Å². The molecule has 18 heavy (non-hydrogen) atoms. The number of Topliss-reactive ketones (excluding diaryl/α,β-unsaturated/α-hetero) is 1. The summed E-state index contributed by atoms with van der Waals surface area (Å²) in [6.07, 6.45) is 3.03. The van der Waals surface area contributed by atoms with Gasteiger partial charge in [-0.1, -0.05) is 13.0 Å². The van der Waals surface area contributed by atoms with Gasteiger partial charge in [0.1, 0.15) is 0 Å². The summed E-state index contributed by atoms with van der Waals surface area (Å²) in [6.45, 7) is 7.15. The lowest BCUT2D eigenvalue weighted by atomic mass is 10.1. The van der Waals surface area contributed by atoms with E-state index in [9.17, 15) is 14.4 Å². The summed E-state index contributed by atoms with van der Waals surface area (Å²) in [4.78, 5) is 33.9. The molecular formula is C13H20O5. The first kappa shape index (κ1) is 16.4. The predicted molar refractivity (Wildman–Crippen MR) is 65.8 cm³/mol. The number of carbonyl (C=O) groups excluding carboxylic acids is 3. The Bertz CT molecular complexity index is 309. The Morgan fingerprint density at radius 1 is 1.28 bits per heavy atom. The number of unbranched alkanes of at least 4 members (excludes halogenated alkanes) is 1. The molecule has 0 aliphatic carbocycles. The van der Waals surface area contributed by atoms with E-state index in [4.69, 9.17) is 4.74 Å². The van der Waals surface area contributed by atoms with Gasteiger partial charge in [-0.05, 0) is 19.8 Å². The van der Waals surface area contributed by atoms with Crippen LogP contribution in [0.5, 0.6) is 0 Å². The molecule has 0 rings (SSSR count). The number of rotatable bonds is 9. The second-order valence-electron chi connectivity index (χ2n) is 3.85. The Morgan fingerprint density at radius 3 is 2.50 bits per heavy atom. The molecule has 0 amide bonds. The molecule has 102 valence electrons. The number of ketones is 1. The van der Waals surface area contributed by atoms with Gasteiger partial charge in [0.25, 0.3) is 0 Å². The highest BCUT2D eigenvalue weighted by atomic mass is 16.5. The van der Waals surface area contributed by atoms with Gasteiger partial charge < -0.3 is 9.47 Å². The zero-order chi connectivity index (χ0) is 14.0. The Balaban J connectivity index is 3.96. The zero-order valence-electron chi connectivity index (χ0n) is 10.9. The molecule has 0 heterocycles. The van der Waals surface area contributed by atoms with Crippen molar-refractivity contribution in [2.45, 2.75) is 33.1 Å². The lowest BCUT2D eigenvalue weighted by molar-refractivity contribution is -0.156. The summed E-state index contributed by atoms with van der Waals surface area (Å²) in [7, 11) is 0. The van der Waals surface area contributed by atoms with Crippen molar-refractivity contribution in [1.29, 1.82) is 0 Å². The summed E-state index contributed by atoms with van der Waals surface area (Å²) in [5.41, 5.74) is 0. The maximum absolute atomic E-state index is 11.5. The van der Waals surface area contributed by atoms with E-state index in [2.05, 4.69) is 11.3 Å². The highest BCUT2D eigenvalue weighted by Crippen LogP contribution is 2.07. The van der Waals surface area contributed by atoms with Gasteiger partial charge in [-0.3, -0.25) is 9.59 Å². The Morgan fingerprint density at radius 2 is 1.94 bits per heavy atom. The van der Waals surface area contributed by atoms with Crippen molar-refractivity contribution in [1.82, 2.24) is 0 Å². The quantitative estimate of drug-likeness (QED) is 0.271. The fraction of sp³-hybridized carbons (Fsp3) is 0.615. The second-order valence-corrected chi connectivity index (χ2v) is 3.85. The number of allylic oxidation sites excluding steroid dienone is 1. The molecule has 5 nitrogen and oxygen atoms in total. The molecule has 0 bridgehead atoms. The van der Waals surface area contributed by atoms with Crippen molar-refractivity contribution in [2.75, 3.05) is 13.2 Å². The molecule has 0 spiro atoms. The predicted octanol–water partition coefficient (Wildman–Crippen LogP) is 1.65.